The minimum absolute atomic E-state index is 0.0407. The summed E-state index contributed by atoms with van der Waals surface area (Å²) in [7, 11) is 3.09. The Kier molecular flexibility index (Phi) is 5.06. The van der Waals surface area contributed by atoms with Gasteiger partial charge in [0.1, 0.15) is 17.1 Å². The Morgan fingerprint density at radius 1 is 1.30 bits per heavy atom. The molecule has 0 saturated carbocycles. The summed E-state index contributed by atoms with van der Waals surface area (Å²) in [5, 5.41) is 5.52. The first kappa shape index (κ1) is 18.7. The molecule has 4 bridgehead atoms. The van der Waals surface area contributed by atoms with Crippen molar-refractivity contribution in [2.45, 2.75) is 12.6 Å². The third-order valence-electron chi connectivity index (χ3n) is 4.10. The smallest absolute Gasteiger partial charge is 0.421 e. The second-order valence-electron chi connectivity index (χ2n) is 6.00. The summed E-state index contributed by atoms with van der Waals surface area (Å²) in [6.07, 6.45) is -3.40. The fourth-order valence-electron chi connectivity index (χ4n) is 2.69. The lowest BCUT2D eigenvalue weighted by Crippen LogP contribution is -2.29. The molecule has 0 fully saturated rings. The molecule has 1 aliphatic rings. The van der Waals surface area contributed by atoms with E-state index in [4.69, 9.17) is 4.74 Å². The standard InChI is InChI=1S/C17H18F3N5O2/c1-25-7-3-6-21-14-11(17(18,19)20)9-22-16(24-14)23-12-8-10(15(25)26)4-5-13(12)27-2/h4-5,8-9H,3,6-7H2,1-2H3,(H2,21,22,23,24). The number of hydrogen-bond acceptors (Lipinski definition) is 6. The van der Waals surface area contributed by atoms with Gasteiger partial charge in [-0.1, -0.05) is 0 Å². The molecule has 27 heavy (non-hydrogen) atoms. The van der Waals surface area contributed by atoms with E-state index in [1.165, 1.54) is 12.0 Å². The van der Waals surface area contributed by atoms with Crippen molar-refractivity contribution in [3.05, 3.63) is 35.5 Å². The number of nitrogens with one attached hydrogen (secondary N) is 2. The van der Waals surface area contributed by atoms with Crippen LogP contribution < -0.4 is 15.4 Å². The number of alkyl halides is 3. The molecule has 1 amide bonds. The maximum atomic E-state index is 13.2. The van der Waals surface area contributed by atoms with Gasteiger partial charge in [-0.05, 0) is 24.6 Å². The van der Waals surface area contributed by atoms with Gasteiger partial charge in [0.2, 0.25) is 5.95 Å². The van der Waals surface area contributed by atoms with E-state index in [-0.39, 0.29) is 24.2 Å². The number of amides is 1. The van der Waals surface area contributed by atoms with E-state index in [0.29, 0.717) is 30.0 Å². The van der Waals surface area contributed by atoms with E-state index >= 15 is 0 Å². The van der Waals surface area contributed by atoms with E-state index in [9.17, 15) is 18.0 Å². The summed E-state index contributed by atoms with van der Waals surface area (Å²) in [6.45, 7) is 0.595. The van der Waals surface area contributed by atoms with Gasteiger partial charge in [-0.3, -0.25) is 4.79 Å². The molecule has 0 unspecified atom stereocenters. The molecule has 1 aromatic carbocycles. The predicted molar refractivity (Wildman–Crippen MR) is 93.4 cm³/mol. The van der Waals surface area contributed by atoms with Crippen LogP contribution in [0.4, 0.5) is 30.6 Å². The van der Waals surface area contributed by atoms with Gasteiger partial charge >= 0.3 is 6.18 Å². The highest BCUT2D eigenvalue weighted by Gasteiger charge is 2.35. The Labute approximate surface area is 153 Å². The van der Waals surface area contributed by atoms with E-state index in [1.807, 2.05) is 0 Å². The normalized spacial score (nSPS) is 15.0. The molecule has 1 aliphatic heterocycles. The number of fused-ring (bicyclic) bond motifs is 4. The first-order chi connectivity index (χ1) is 12.8. The maximum absolute atomic E-state index is 13.2. The lowest BCUT2D eigenvalue weighted by molar-refractivity contribution is -0.137. The van der Waals surface area contributed by atoms with Crippen LogP contribution in [0.1, 0.15) is 22.3 Å². The van der Waals surface area contributed by atoms with E-state index in [1.54, 1.807) is 25.2 Å². The second-order valence-corrected chi connectivity index (χ2v) is 6.00. The quantitative estimate of drug-likeness (QED) is 0.790. The number of ether oxygens (including phenoxy) is 1. The average molecular weight is 381 g/mol. The van der Waals surface area contributed by atoms with Gasteiger partial charge in [-0.15, -0.1) is 0 Å². The minimum atomic E-state index is -4.58. The van der Waals surface area contributed by atoms with Crippen molar-refractivity contribution in [3.8, 4) is 5.75 Å². The summed E-state index contributed by atoms with van der Waals surface area (Å²) < 4.78 is 44.9. The van der Waals surface area contributed by atoms with Crippen LogP contribution in [-0.4, -0.2) is 48.0 Å². The van der Waals surface area contributed by atoms with Gasteiger partial charge in [0.25, 0.3) is 5.91 Å². The molecular weight excluding hydrogens is 363 g/mol. The highest BCUT2D eigenvalue weighted by Crippen LogP contribution is 2.35. The van der Waals surface area contributed by atoms with Crippen LogP contribution in [0.3, 0.4) is 0 Å². The van der Waals surface area contributed by atoms with E-state index in [2.05, 4.69) is 20.6 Å². The lowest BCUT2D eigenvalue weighted by Gasteiger charge is -2.18. The van der Waals surface area contributed by atoms with Crippen LogP contribution in [0, 0.1) is 0 Å². The minimum Gasteiger partial charge on any atom is -0.495 e. The number of carbonyl (C=O) groups is 1. The van der Waals surface area contributed by atoms with E-state index in [0.717, 1.165) is 6.20 Å². The molecule has 7 nitrogen and oxygen atoms in total. The summed E-state index contributed by atoms with van der Waals surface area (Å²) in [5.41, 5.74) is -0.157. The number of hydrogen-bond donors (Lipinski definition) is 2. The zero-order chi connectivity index (χ0) is 19.6. The summed E-state index contributed by atoms with van der Waals surface area (Å²) >= 11 is 0. The summed E-state index contributed by atoms with van der Waals surface area (Å²) in [4.78, 5) is 21.8. The zero-order valence-corrected chi connectivity index (χ0v) is 14.7. The van der Waals surface area contributed by atoms with Crippen LogP contribution in [-0.2, 0) is 6.18 Å². The largest absolute Gasteiger partial charge is 0.495 e. The molecule has 0 saturated heterocycles. The Morgan fingerprint density at radius 2 is 2.07 bits per heavy atom. The van der Waals surface area contributed by atoms with Gasteiger partial charge in [-0.2, -0.15) is 18.2 Å². The van der Waals surface area contributed by atoms with Gasteiger partial charge in [-0.25, -0.2) is 4.98 Å². The first-order valence-electron chi connectivity index (χ1n) is 8.18. The van der Waals surface area contributed by atoms with Crippen molar-refractivity contribution >= 4 is 23.4 Å². The third kappa shape index (κ3) is 4.04. The summed E-state index contributed by atoms with van der Waals surface area (Å²) in [6, 6.07) is 4.79. The Bertz CT molecular complexity index is 857. The van der Waals surface area contributed by atoms with Crippen LogP contribution >= 0.6 is 0 Å². The number of anilines is 3. The van der Waals surface area contributed by atoms with Crippen LogP contribution in [0.15, 0.2) is 24.4 Å². The number of rotatable bonds is 1. The van der Waals surface area contributed by atoms with Gasteiger partial charge in [0.15, 0.2) is 0 Å². The molecular formula is C17H18F3N5O2. The Balaban J connectivity index is 2.08. The molecule has 2 N–H and O–H groups in total. The van der Waals surface area contributed by atoms with Crippen LogP contribution in [0.25, 0.3) is 0 Å². The molecule has 0 spiro atoms. The number of halogens is 3. The number of benzene rings is 1. The number of aromatic nitrogens is 2. The SMILES string of the molecule is COc1ccc2cc1Nc1ncc(C(F)(F)F)c(n1)NCCCN(C)C2=O. The topological polar surface area (TPSA) is 79.4 Å². The summed E-state index contributed by atoms with van der Waals surface area (Å²) in [5.74, 6) is -0.157. The van der Waals surface area contributed by atoms with Crippen molar-refractivity contribution in [2.75, 3.05) is 37.9 Å². The maximum Gasteiger partial charge on any atom is 0.421 e. The first-order valence-corrected chi connectivity index (χ1v) is 8.18. The lowest BCUT2D eigenvalue weighted by atomic mass is 10.1. The molecule has 0 atom stereocenters. The number of nitrogens with zero attached hydrogens (tertiary/aromatic N) is 3. The van der Waals surface area contributed by atoms with Crippen molar-refractivity contribution < 1.29 is 22.7 Å². The van der Waals surface area contributed by atoms with E-state index < -0.39 is 11.7 Å². The van der Waals surface area contributed by atoms with Crippen molar-refractivity contribution in [1.82, 2.24) is 14.9 Å². The highest BCUT2D eigenvalue weighted by molar-refractivity contribution is 5.95. The molecule has 2 heterocycles. The predicted octanol–water partition coefficient (Wildman–Crippen LogP) is 3.14. The molecule has 144 valence electrons. The average Bonchev–Trinajstić information content (AvgIpc) is 2.63. The second kappa shape index (κ2) is 7.29. The Morgan fingerprint density at radius 3 is 2.78 bits per heavy atom. The van der Waals surface area contributed by atoms with Gasteiger partial charge in [0, 0.05) is 31.9 Å². The monoisotopic (exact) mass is 381 g/mol. The van der Waals surface area contributed by atoms with Crippen molar-refractivity contribution in [3.63, 3.8) is 0 Å². The molecule has 0 radical (unpaired) electrons. The van der Waals surface area contributed by atoms with Crippen LogP contribution in [0.2, 0.25) is 0 Å². The van der Waals surface area contributed by atoms with Gasteiger partial charge in [0.05, 0.1) is 12.8 Å². The molecule has 1 aromatic heterocycles. The van der Waals surface area contributed by atoms with Gasteiger partial charge < -0.3 is 20.3 Å². The fraction of sp³-hybridized carbons (Fsp3) is 0.353. The molecule has 0 aliphatic carbocycles. The van der Waals surface area contributed by atoms with Crippen molar-refractivity contribution in [2.24, 2.45) is 0 Å². The Hall–Kier alpha value is -3.04. The molecule has 2 aromatic rings. The van der Waals surface area contributed by atoms with Crippen LogP contribution in [0.5, 0.6) is 5.75 Å². The van der Waals surface area contributed by atoms with Crippen molar-refractivity contribution in [1.29, 1.82) is 0 Å². The number of carbonyl (C=O) groups excluding carboxylic acids is 1. The third-order valence-corrected chi connectivity index (χ3v) is 4.10. The highest BCUT2D eigenvalue weighted by atomic mass is 19.4. The molecule has 10 heteroatoms. The fourth-order valence-corrected chi connectivity index (χ4v) is 2.69. The zero-order valence-electron chi connectivity index (χ0n) is 14.7. The number of methoxy groups -OCH3 is 1. The molecule has 3 rings (SSSR count).